The summed E-state index contributed by atoms with van der Waals surface area (Å²) >= 11 is 0. The van der Waals surface area contributed by atoms with Crippen molar-refractivity contribution >= 4 is 5.91 Å². The van der Waals surface area contributed by atoms with Crippen molar-refractivity contribution in [2.45, 2.75) is 32.0 Å². The number of amides is 1. The third-order valence-electron chi connectivity index (χ3n) is 4.02. The molecule has 1 atom stereocenters. The predicted molar refractivity (Wildman–Crippen MR) is 80.3 cm³/mol. The molecule has 2 aromatic rings. The fourth-order valence-corrected chi connectivity index (χ4v) is 2.78. The van der Waals surface area contributed by atoms with Gasteiger partial charge in [0.15, 0.2) is 11.6 Å². The van der Waals surface area contributed by atoms with Crippen molar-refractivity contribution in [1.29, 1.82) is 0 Å². The lowest BCUT2D eigenvalue weighted by molar-refractivity contribution is -0.133. The minimum absolute atomic E-state index is 0.0469. The maximum absolute atomic E-state index is 13.2. The zero-order chi connectivity index (χ0) is 16.4. The van der Waals surface area contributed by atoms with Crippen LogP contribution in [-0.4, -0.2) is 32.9 Å². The van der Waals surface area contributed by atoms with Gasteiger partial charge in [0.25, 0.3) is 0 Å². The van der Waals surface area contributed by atoms with Crippen molar-refractivity contribution in [1.82, 2.24) is 14.5 Å². The topological polar surface area (TPSA) is 64.2 Å². The van der Waals surface area contributed by atoms with Crippen LogP contribution in [0.25, 0.3) is 0 Å². The van der Waals surface area contributed by atoms with E-state index in [1.807, 2.05) is 10.8 Å². The molecule has 1 aliphatic heterocycles. The zero-order valence-electron chi connectivity index (χ0n) is 12.6. The van der Waals surface area contributed by atoms with Crippen molar-refractivity contribution in [3.8, 4) is 0 Å². The molecule has 7 heteroatoms. The Morgan fingerprint density at radius 2 is 2.13 bits per heavy atom. The molecule has 0 radical (unpaired) electrons. The average Bonchev–Trinajstić information content (AvgIpc) is 2.98. The minimum Gasteiger partial charge on any atom is -0.333 e. The van der Waals surface area contributed by atoms with E-state index in [9.17, 15) is 13.6 Å². The third-order valence-corrected chi connectivity index (χ3v) is 4.02. The van der Waals surface area contributed by atoms with Gasteiger partial charge < -0.3 is 15.2 Å². The van der Waals surface area contributed by atoms with Gasteiger partial charge in [-0.3, -0.25) is 4.79 Å². The predicted octanol–water partition coefficient (Wildman–Crippen LogP) is 1.46. The molecule has 1 aliphatic rings. The molecular weight excluding hydrogens is 302 g/mol. The Balaban J connectivity index is 1.56. The van der Waals surface area contributed by atoms with Crippen LogP contribution in [0.3, 0.4) is 0 Å². The zero-order valence-corrected chi connectivity index (χ0v) is 12.6. The lowest BCUT2D eigenvalue weighted by atomic mass is 10.0. The number of fused-ring (bicyclic) bond motifs is 1. The monoisotopic (exact) mass is 320 g/mol. The number of hydrogen-bond acceptors (Lipinski definition) is 3. The number of rotatable bonds is 4. The number of halogens is 2. The first-order valence-corrected chi connectivity index (χ1v) is 7.50. The number of imidazole rings is 1. The number of nitrogens with zero attached hydrogens (tertiary/aromatic N) is 3. The maximum Gasteiger partial charge on any atom is 0.224 e. The van der Waals surface area contributed by atoms with Crippen LogP contribution < -0.4 is 5.73 Å². The summed E-state index contributed by atoms with van der Waals surface area (Å²) in [6, 6.07) is 3.25. The molecule has 122 valence electrons. The molecule has 23 heavy (non-hydrogen) atoms. The Morgan fingerprint density at radius 3 is 2.91 bits per heavy atom. The number of nitrogens with two attached hydrogens (primary N) is 1. The Labute approximate surface area is 132 Å². The minimum atomic E-state index is -0.899. The highest BCUT2D eigenvalue weighted by atomic mass is 19.2. The van der Waals surface area contributed by atoms with Crippen LogP contribution in [0.15, 0.2) is 30.6 Å². The molecule has 1 aromatic carbocycles. The molecule has 0 saturated heterocycles. The fourth-order valence-electron chi connectivity index (χ4n) is 2.78. The summed E-state index contributed by atoms with van der Waals surface area (Å²) in [7, 11) is 0. The van der Waals surface area contributed by atoms with Crippen LogP contribution >= 0.6 is 0 Å². The van der Waals surface area contributed by atoms with Gasteiger partial charge in [0.05, 0.1) is 6.54 Å². The van der Waals surface area contributed by atoms with E-state index in [4.69, 9.17) is 5.73 Å². The van der Waals surface area contributed by atoms with Crippen LogP contribution in [0.1, 0.15) is 17.8 Å². The Bertz CT molecular complexity index is 716. The van der Waals surface area contributed by atoms with Gasteiger partial charge in [-0.25, -0.2) is 13.8 Å². The van der Waals surface area contributed by atoms with Crippen LogP contribution in [-0.2, 0) is 24.3 Å². The number of aromatic nitrogens is 2. The molecule has 3 rings (SSSR count). The lowest BCUT2D eigenvalue weighted by Crippen LogP contribution is -2.41. The summed E-state index contributed by atoms with van der Waals surface area (Å²) in [5, 5.41) is 0. The van der Waals surface area contributed by atoms with Crippen molar-refractivity contribution in [3.05, 3.63) is 53.6 Å². The van der Waals surface area contributed by atoms with E-state index in [0.717, 1.165) is 24.5 Å². The molecular formula is C16H18F2N4O. The first kappa shape index (κ1) is 15.6. The van der Waals surface area contributed by atoms with Gasteiger partial charge >= 0.3 is 0 Å². The molecule has 2 heterocycles. The SMILES string of the molecule is NC(CC(=O)N1CCn2ccnc2C1)Cc1ccc(F)c(F)c1. The van der Waals surface area contributed by atoms with Gasteiger partial charge in [-0.1, -0.05) is 6.07 Å². The highest BCUT2D eigenvalue weighted by Gasteiger charge is 2.22. The quantitative estimate of drug-likeness (QED) is 0.928. The van der Waals surface area contributed by atoms with Gasteiger partial charge in [-0.15, -0.1) is 0 Å². The molecule has 1 unspecified atom stereocenters. The number of hydrogen-bond donors (Lipinski definition) is 1. The highest BCUT2D eigenvalue weighted by molar-refractivity contribution is 5.76. The molecule has 0 bridgehead atoms. The fraction of sp³-hybridized carbons (Fsp3) is 0.375. The lowest BCUT2D eigenvalue weighted by Gasteiger charge is -2.28. The average molecular weight is 320 g/mol. The molecule has 1 aromatic heterocycles. The van der Waals surface area contributed by atoms with Crippen molar-refractivity contribution in [2.75, 3.05) is 6.54 Å². The second kappa shape index (κ2) is 6.45. The van der Waals surface area contributed by atoms with Crippen molar-refractivity contribution in [3.63, 3.8) is 0 Å². The second-order valence-electron chi connectivity index (χ2n) is 5.77. The Kier molecular flexibility index (Phi) is 4.38. The van der Waals surface area contributed by atoms with Crippen molar-refractivity contribution < 1.29 is 13.6 Å². The first-order valence-electron chi connectivity index (χ1n) is 7.50. The van der Waals surface area contributed by atoms with Crippen LogP contribution in [0.5, 0.6) is 0 Å². The smallest absolute Gasteiger partial charge is 0.224 e. The van der Waals surface area contributed by atoms with Gasteiger partial charge in [-0.2, -0.15) is 0 Å². The van der Waals surface area contributed by atoms with Crippen LogP contribution in [0, 0.1) is 11.6 Å². The van der Waals surface area contributed by atoms with Gasteiger partial charge in [0.2, 0.25) is 5.91 Å². The Hall–Kier alpha value is -2.28. The summed E-state index contributed by atoms with van der Waals surface area (Å²) in [6.07, 6.45) is 4.11. The highest BCUT2D eigenvalue weighted by Crippen LogP contribution is 2.14. The van der Waals surface area contributed by atoms with E-state index in [0.29, 0.717) is 25.1 Å². The molecule has 0 aliphatic carbocycles. The maximum atomic E-state index is 13.2. The number of carbonyl (C=O) groups is 1. The molecule has 2 N–H and O–H groups in total. The summed E-state index contributed by atoms with van der Waals surface area (Å²) in [5.41, 5.74) is 6.57. The van der Waals surface area contributed by atoms with E-state index < -0.39 is 17.7 Å². The van der Waals surface area contributed by atoms with E-state index in [2.05, 4.69) is 4.98 Å². The number of carbonyl (C=O) groups excluding carboxylic acids is 1. The molecule has 0 fully saturated rings. The van der Waals surface area contributed by atoms with Crippen molar-refractivity contribution in [2.24, 2.45) is 5.73 Å². The van der Waals surface area contributed by atoms with E-state index in [-0.39, 0.29) is 12.3 Å². The first-order chi connectivity index (χ1) is 11.0. The second-order valence-corrected chi connectivity index (χ2v) is 5.77. The standard InChI is InChI=1S/C16H18F2N4O/c17-13-2-1-11(8-14(13)18)7-12(19)9-16(23)22-6-5-21-4-3-20-15(21)10-22/h1-4,8,12H,5-7,9-10,19H2. The van der Waals surface area contributed by atoms with E-state index in [1.165, 1.54) is 6.07 Å². The normalized spacial score (nSPS) is 15.3. The molecule has 5 nitrogen and oxygen atoms in total. The summed E-state index contributed by atoms with van der Waals surface area (Å²) in [4.78, 5) is 18.3. The summed E-state index contributed by atoms with van der Waals surface area (Å²) in [5.74, 6) is -0.973. The molecule has 0 spiro atoms. The van der Waals surface area contributed by atoms with E-state index in [1.54, 1.807) is 11.1 Å². The summed E-state index contributed by atoms with van der Waals surface area (Å²) in [6.45, 7) is 1.82. The third kappa shape index (κ3) is 3.56. The van der Waals surface area contributed by atoms with Crippen LogP contribution in [0.4, 0.5) is 8.78 Å². The molecule has 0 saturated carbocycles. The van der Waals surface area contributed by atoms with Gasteiger partial charge in [-0.05, 0) is 24.1 Å². The number of benzene rings is 1. The van der Waals surface area contributed by atoms with Gasteiger partial charge in [0.1, 0.15) is 5.82 Å². The Morgan fingerprint density at radius 1 is 1.30 bits per heavy atom. The van der Waals surface area contributed by atoms with Gasteiger partial charge in [0, 0.05) is 37.9 Å². The van der Waals surface area contributed by atoms with Crippen LogP contribution in [0.2, 0.25) is 0 Å². The van der Waals surface area contributed by atoms with E-state index >= 15 is 0 Å². The molecule has 1 amide bonds. The largest absolute Gasteiger partial charge is 0.333 e. The summed E-state index contributed by atoms with van der Waals surface area (Å²) < 4.78 is 28.1.